The van der Waals surface area contributed by atoms with E-state index in [2.05, 4.69) is 22.2 Å². The van der Waals surface area contributed by atoms with Gasteiger partial charge in [0.15, 0.2) is 5.82 Å². The molecule has 0 aliphatic heterocycles. The molecule has 1 unspecified atom stereocenters. The molecule has 5 nitrogen and oxygen atoms in total. The van der Waals surface area contributed by atoms with E-state index in [-0.39, 0.29) is 0 Å². The van der Waals surface area contributed by atoms with Gasteiger partial charge in [0.2, 0.25) is 4.96 Å². The van der Waals surface area contributed by atoms with E-state index in [9.17, 15) is 0 Å². The fourth-order valence-electron chi connectivity index (χ4n) is 1.59. The Morgan fingerprint density at radius 2 is 2.27 bits per heavy atom. The molecule has 2 aromatic heterocycles. The number of aromatic nitrogens is 4. The molecule has 82 valence electrons. The number of nitrogens with two attached hydrogens (primary N) is 1. The number of hydrogen-bond donors (Lipinski definition) is 1. The van der Waals surface area contributed by atoms with Crippen LogP contribution in [0.3, 0.4) is 0 Å². The molecule has 0 saturated carbocycles. The second kappa shape index (κ2) is 4.24. The highest BCUT2D eigenvalue weighted by molar-refractivity contribution is 7.16. The molecule has 2 N–H and O–H groups in total. The van der Waals surface area contributed by atoms with E-state index in [0.717, 1.165) is 28.6 Å². The summed E-state index contributed by atoms with van der Waals surface area (Å²) in [5.41, 5.74) is 5.74. The summed E-state index contributed by atoms with van der Waals surface area (Å²) in [7, 11) is 0. The quantitative estimate of drug-likeness (QED) is 0.852. The zero-order chi connectivity index (χ0) is 10.8. The highest BCUT2D eigenvalue weighted by Crippen LogP contribution is 2.24. The molecule has 0 fully saturated rings. The van der Waals surface area contributed by atoms with Crippen molar-refractivity contribution in [3.8, 4) is 0 Å². The van der Waals surface area contributed by atoms with E-state index >= 15 is 0 Å². The predicted molar refractivity (Wildman–Crippen MR) is 60.1 cm³/mol. The monoisotopic (exact) mass is 225 g/mol. The first-order valence-electron chi connectivity index (χ1n) is 5.15. The lowest BCUT2D eigenvalue weighted by molar-refractivity contribution is 0.608. The summed E-state index contributed by atoms with van der Waals surface area (Å²) in [5, 5.41) is 13.6. The third kappa shape index (κ3) is 1.87. The van der Waals surface area contributed by atoms with Crippen LogP contribution in [0.1, 0.15) is 36.5 Å². The van der Waals surface area contributed by atoms with Gasteiger partial charge in [-0.1, -0.05) is 24.7 Å². The van der Waals surface area contributed by atoms with Crippen LogP contribution in [0.4, 0.5) is 0 Å². The van der Waals surface area contributed by atoms with Gasteiger partial charge < -0.3 is 5.73 Å². The maximum atomic E-state index is 5.74. The van der Waals surface area contributed by atoms with Crippen molar-refractivity contribution in [2.75, 3.05) is 6.54 Å². The lowest BCUT2D eigenvalue weighted by atomic mass is 10.1. The second-order valence-electron chi connectivity index (χ2n) is 3.60. The Morgan fingerprint density at radius 3 is 2.87 bits per heavy atom. The van der Waals surface area contributed by atoms with Crippen molar-refractivity contribution in [2.24, 2.45) is 5.73 Å². The lowest BCUT2D eigenvalue weighted by Crippen LogP contribution is -2.12. The summed E-state index contributed by atoms with van der Waals surface area (Å²) < 4.78 is 1.79. The molecule has 0 radical (unpaired) electrons. The van der Waals surface area contributed by atoms with Crippen LogP contribution in [0.15, 0.2) is 0 Å². The average Bonchev–Trinajstić information content (AvgIpc) is 2.78. The smallest absolute Gasteiger partial charge is 0.234 e. The molecule has 0 aliphatic carbocycles. The van der Waals surface area contributed by atoms with Crippen LogP contribution in [0.25, 0.3) is 4.96 Å². The third-order valence-electron chi connectivity index (χ3n) is 2.43. The highest BCUT2D eigenvalue weighted by Gasteiger charge is 2.16. The molecular weight excluding hydrogens is 210 g/mol. The molecule has 6 heteroatoms. The van der Waals surface area contributed by atoms with Crippen molar-refractivity contribution >= 4 is 16.3 Å². The standard InChI is InChI=1S/C9H15N5S/c1-3-4-7(5-10)8-13-14-6(2)11-12-9(14)15-8/h7H,3-5,10H2,1-2H3. The molecule has 15 heavy (non-hydrogen) atoms. The topological polar surface area (TPSA) is 69.1 Å². The first-order valence-corrected chi connectivity index (χ1v) is 5.96. The van der Waals surface area contributed by atoms with E-state index in [0.29, 0.717) is 12.5 Å². The average molecular weight is 225 g/mol. The van der Waals surface area contributed by atoms with Gasteiger partial charge in [-0.15, -0.1) is 10.2 Å². The molecule has 0 amide bonds. The summed E-state index contributed by atoms with van der Waals surface area (Å²) in [6, 6.07) is 0. The Kier molecular flexibility index (Phi) is 2.97. The van der Waals surface area contributed by atoms with Crippen LogP contribution in [0.2, 0.25) is 0 Å². The number of rotatable bonds is 4. The predicted octanol–water partition coefficient (Wildman–Crippen LogP) is 1.34. The normalized spacial score (nSPS) is 13.5. The maximum Gasteiger partial charge on any atom is 0.234 e. The van der Waals surface area contributed by atoms with Gasteiger partial charge in [-0.2, -0.15) is 9.61 Å². The van der Waals surface area contributed by atoms with Gasteiger partial charge in [-0.3, -0.25) is 0 Å². The summed E-state index contributed by atoms with van der Waals surface area (Å²) >= 11 is 1.59. The first kappa shape index (κ1) is 10.5. The Labute approximate surface area is 92.3 Å². The van der Waals surface area contributed by atoms with Crippen molar-refractivity contribution in [1.29, 1.82) is 0 Å². The van der Waals surface area contributed by atoms with Crippen molar-refractivity contribution in [3.63, 3.8) is 0 Å². The summed E-state index contributed by atoms with van der Waals surface area (Å²) in [6.07, 6.45) is 2.21. The number of hydrogen-bond acceptors (Lipinski definition) is 5. The Hall–Kier alpha value is -1.01. The highest BCUT2D eigenvalue weighted by atomic mass is 32.1. The number of nitrogens with zero attached hydrogens (tertiary/aromatic N) is 4. The molecule has 0 aromatic carbocycles. The van der Waals surface area contributed by atoms with Gasteiger partial charge in [0.1, 0.15) is 5.01 Å². The van der Waals surface area contributed by atoms with Crippen molar-refractivity contribution < 1.29 is 0 Å². The van der Waals surface area contributed by atoms with Crippen LogP contribution < -0.4 is 5.73 Å². The zero-order valence-electron chi connectivity index (χ0n) is 8.97. The van der Waals surface area contributed by atoms with Crippen molar-refractivity contribution in [2.45, 2.75) is 32.6 Å². The van der Waals surface area contributed by atoms with E-state index < -0.39 is 0 Å². The lowest BCUT2D eigenvalue weighted by Gasteiger charge is -2.08. The van der Waals surface area contributed by atoms with E-state index in [4.69, 9.17) is 5.73 Å². The Bertz CT molecular complexity index is 446. The third-order valence-corrected chi connectivity index (χ3v) is 3.49. The molecular formula is C9H15N5S. The van der Waals surface area contributed by atoms with Crippen LogP contribution in [0, 0.1) is 6.92 Å². The van der Waals surface area contributed by atoms with Crippen LogP contribution >= 0.6 is 11.3 Å². The molecule has 2 rings (SSSR count). The molecule has 2 heterocycles. The van der Waals surface area contributed by atoms with Gasteiger partial charge in [0, 0.05) is 12.5 Å². The van der Waals surface area contributed by atoms with E-state index in [1.807, 2.05) is 6.92 Å². The van der Waals surface area contributed by atoms with Crippen molar-refractivity contribution in [1.82, 2.24) is 19.8 Å². The molecule has 0 spiro atoms. The van der Waals surface area contributed by atoms with Gasteiger partial charge in [0.05, 0.1) is 0 Å². The fourth-order valence-corrected chi connectivity index (χ4v) is 2.62. The van der Waals surface area contributed by atoms with Crippen LogP contribution in [0.5, 0.6) is 0 Å². The minimum atomic E-state index is 0.362. The Balaban J connectivity index is 2.34. The number of fused-ring (bicyclic) bond motifs is 1. The second-order valence-corrected chi connectivity index (χ2v) is 4.59. The molecule has 0 bridgehead atoms. The SMILES string of the molecule is CCCC(CN)c1nn2c(C)nnc2s1. The summed E-state index contributed by atoms with van der Waals surface area (Å²) in [6.45, 7) is 4.71. The molecule has 2 aromatic rings. The van der Waals surface area contributed by atoms with Crippen LogP contribution in [-0.2, 0) is 0 Å². The minimum absolute atomic E-state index is 0.362. The number of aryl methyl sites for hydroxylation is 1. The van der Waals surface area contributed by atoms with Gasteiger partial charge in [-0.25, -0.2) is 0 Å². The summed E-state index contributed by atoms with van der Waals surface area (Å²) in [5.74, 6) is 1.20. The maximum absolute atomic E-state index is 5.74. The van der Waals surface area contributed by atoms with E-state index in [1.165, 1.54) is 0 Å². The van der Waals surface area contributed by atoms with Gasteiger partial charge in [0.25, 0.3) is 0 Å². The molecule has 1 atom stereocenters. The largest absolute Gasteiger partial charge is 0.330 e. The molecule has 0 aliphatic rings. The van der Waals surface area contributed by atoms with Gasteiger partial charge in [-0.05, 0) is 13.3 Å². The summed E-state index contributed by atoms with van der Waals surface area (Å²) in [4.78, 5) is 0.858. The van der Waals surface area contributed by atoms with E-state index in [1.54, 1.807) is 15.9 Å². The fraction of sp³-hybridized carbons (Fsp3) is 0.667. The minimum Gasteiger partial charge on any atom is -0.330 e. The van der Waals surface area contributed by atoms with Crippen LogP contribution in [-0.4, -0.2) is 26.4 Å². The molecule has 0 saturated heterocycles. The first-order chi connectivity index (χ1) is 7.26. The van der Waals surface area contributed by atoms with Crippen molar-refractivity contribution in [3.05, 3.63) is 10.8 Å². The van der Waals surface area contributed by atoms with Gasteiger partial charge >= 0.3 is 0 Å². The zero-order valence-corrected chi connectivity index (χ0v) is 9.79. The Morgan fingerprint density at radius 1 is 1.47 bits per heavy atom.